The maximum Gasteiger partial charge on any atom is 0.422 e. The average molecular weight is 495 g/mol. The molecule has 2 aromatic heterocycles. The summed E-state index contributed by atoms with van der Waals surface area (Å²) in [6, 6.07) is 2.51. The summed E-state index contributed by atoms with van der Waals surface area (Å²) in [5.41, 5.74) is 9.52. The van der Waals surface area contributed by atoms with E-state index < -0.39 is 35.9 Å². The van der Waals surface area contributed by atoms with Crippen LogP contribution in [0.3, 0.4) is 0 Å². The number of anilines is 2. The van der Waals surface area contributed by atoms with Crippen molar-refractivity contribution in [3.63, 3.8) is 0 Å². The van der Waals surface area contributed by atoms with E-state index in [1.165, 1.54) is 12.1 Å². The summed E-state index contributed by atoms with van der Waals surface area (Å²) < 4.78 is 50.1. The van der Waals surface area contributed by atoms with Gasteiger partial charge in [0.2, 0.25) is 17.8 Å². The molecule has 3 rings (SSSR count). The Hall–Kier alpha value is -4.43. The molecule has 12 nitrogen and oxygen atoms in total. The van der Waals surface area contributed by atoms with Gasteiger partial charge in [0.05, 0.1) is 24.0 Å². The third-order valence-electron chi connectivity index (χ3n) is 4.51. The first kappa shape index (κ1) is 25.2. The molecule has 1 aromatic carbocycles. The number of hydrogen-bond donors (Lipinski definition) is 3. The summed E-state index contributed by atoms with van der Waals surface area (Å²) in [4.78, 5) is 48.3. The summed E-state index contributed by atoms with van der Waals surface area (Å²) in [5, 5.41) is 2.34. The molecule has 2 amide bonds. The highest BCUT2D eigenvalue weighted by atomic mass is 19.4. The Morgan fingerprint density at radius 1 is 1.17 bits per heavy atom. The molecule has 3 aromatic rings. The van der Waals surface area contributed by atoms with Crippen molar-refractivity contribution in [2.75, 3.05) is 24.3 Å². The largest absolute Gasteiger partial charge is 0.489 e. The second kappa shape index (κ2) is 10.2. The minimum Gasteiger partial charge on any atom is -0.489 e. The molecule has 0 atom stereocenters. The highest BCUT2D eigenvalue weighted by Gasteiger charge is 2.30. The molecule has 15 heteroatoms. The first-order valence-corrected chi connectivity index (χ1v) is 10.1. The fourth-order valence-electron chi connectivity index (χ4n) is 2.93. The fraction of sp³-hybridized carbons (Fsp3) is 0.300. The standard InChI is InChI=1S/C20H20F3N7O5/c1-2-30-17(33)11-3-4-12(34-6-5-13(24)31)15(35-9-20(21,22)23)14(11)28-19(30)29-16(32)10-7-26-18(25)27-8-10/h3-4,7-8H,2,5-6,9H2,1H3,(H2,24,31)(H2,25,26,27)(H,28,29,32). The van der Waals surface area contributed by atoms with Crippen molar-refractivity contribution in [1.29, 1.82) is 0 Å². The number of amides is 2. The van der Waals surface area contributed by atoms with E-state index in [0.29, 0.717) is 0 Å². The monoisotopic (exact) mass is 495 g/mol. The van der Waals surface area contributed by atoms with Crippen LogP contribution < -0.4 is 31.8 Å². The first-order chi connectivity index (χ1) is 16.5. The van der Waals surface area contributed by atoms with Crippen LogP contribution in [0.2, 0.25) is 0 Å². The maximum atomic E-state index is 13.1. The number of benzene rings is 1. The van der Waals surface area contributed by atoms with Gasteiger partial charge in [0.1, 0.15) is 5.52 Å². The molecule has 0 unspecified atom stereocenters. The number of nitrogens with two attached hydrogens (primary N) is 2. The SMILES string of the molecule is CCn1c(NC(=O)c2cnc(N)nc2)nc2c(OCC(F)(F)F)c(OCCC(N)=O)ccc2c1=O. The van der Waals surface area contributed by atoms with Crippen molar-refractivity contribution in [3.05, 3.63) is 40.4 Å². The third kappa shape index (κ3) is 6.13. The van der Waals surface area contributed by atoms with E-state index in [1.54, 1.807) is 6.92 Å². The molecule has 186 valence electrons. The van der Waals surface area contributed by atoms with E-state index >= 15 is 0 Å². The van der Waals surface area contributed by atoms with Crippen molar-refractivity contribution >= 4 is 34.6 Å². The van der Waals surface area contributed by atoms with E-state index in [4.69, 9.17) is 20.9 Å². The highest BCUT2D eigenvalue weighted by Crippen LogP contribution is 2.35. The van der Waals surface area contributed by atoms with Gasteiger partial charge < -0.3 is 20.9 Å². The normalized spacial score (nSPS) is 11.3. The van der Waals surface area contributed by atoms with Gasteiger partial charge in [-0.1, -0.05) is 0 Å². The summed E-state index contributed by atoms with van der Waals surface area (Å²) >= 11 is 0. The number of carbonyl (C=O) groups is 2. The molecule has 0 aliphatic heterocycles. The number of nitrogen functional groups attached to an aromatic ring is 1. The number of aromatic nitrogens is 4. The summed E-state index contributed by atoms with van der Waals surface area (Å²) in [6.45, 7) is -0.276. The van der Waals surface area contributed by atoms with Crippen LogP contribution >= 0.6 is 0 Å². The second-order valence-electron chi connectivity index (χ2n) is 7.03. The van der Waals surface area contributed by atoms with Crippen LogP contribution in [0.25, 0.3) is 10.9 Å². The van der Waals surface area contributed by atoms with Gasteiger partial charge in [0.25, 0.3) is 11.5 Å². The number of fused-ring (bicyclic) bond motifs is 1. The van der Waals surface area contributed by atoms with E-state index in [0.717, 1.165) is 17.0 Å². The number of alkyl halides is 3. The van der Waals surface area contributed by atoms with Crippen LogP contribution in [0.1, 0.15) is 23.7 Å². The van der Waals surface area contributed by atoms with Crippen molar-refractivity contribution < 1.29 is 32.2 Å². The lowest BCUT2D eigenvalue weighted by molar-refractivity contribution is -0.153. The van der Waals surface area contributed by atoms with Crippen LogP contribution in [-0.2, 0) is 11.3 Å². The predicted octanol–water partition coefficient (Wildman–Crippen LogP) is 1.24. The van der Waals surface area contributed by atoms with E-state index in [2.05, 4.69) is 20.3 Å². The van der Waals surface area contributed by atoms with Crippen molar-refractivity contribution in [2.45, 2.75) is 26.1 Å². The summed E-state index contributed by atoms with van der Waals surface area (Å²) in [7, 11) is 0. The van der Waals surface area contributed by atoms with Crippen LogP contribution in [0.15, 0.2) is 29.3 Å². The summed E-state index contributed by atoms with van der Waals surface area (Å²) in [5.74, 6) is -2.46. The molecule has 5 N–H and O–H groups in total. The topological polar surface area (TPSA) is 177 Å². The van der Waals surface area contributed by atoms with Crippen molar-refractivity contribution in [2.24, 2.45) is 5.73 Å². The van der Waals surface area contributed by atoms with Crippen molar-refractivity contribution in [3.8, 4) is 11.5 Å². The lowest BCUT2D eigenvalue weighted by Crippen LogP contribution is -2.27. The fourth-order valence-corrected chi connectivity index (χ4v) is 2.93. The number of halogens is 3. The smallest absolute Gasteiger partial charge is 0.422 e. The number of ether oxygens (including phenoxy) is 2. The third-order valence-corrected chi connectivity index (χ3v) is 4.51. The van der Waals surface area contributed by atoms with Gasteiger partial charge in [0.15, 0.2) is 18.1 Å². The highest BCUT2D eigenvalue weighted by molar-refractivity contribution is 6.03. The quantitative estimate of drug-likeness (QED) is 0.394. The van der Waals surface area contributed by atoms with Gasteiger partial charge >= 0.3 is 6.18 Å². The minimum atomic E-state index is -4.71. The van der Waals surface area contributed by atoms with Gasteiger partial charge in [-0.2, -0.15) is 13.2 Å². The number of rotatable bonds is 9. The second-order valence-corrected chi connectivity index (χ2v) is 7.03. The first-order valence-electron chi connectivity index (χ1n) is 10.1. The zero-order valence-electron chi connectivity index (χ0n) is 18.3. The molecule has 2 heterocycles. The van der Waals surface area contributed by atoms with E-state index in [1.807, 2.05) is 0 Å². The zero-order valence-corrected chi connectivity index (χ0v) is 18.3. The lowest BCUT2D eigenvalue weighted by atomic mass is 10.2. The van der Waals surface area contributed by atoms with Crippen LogP contribution in [0, 0.1) is 0 Å². The lowest BCUT2D eigenvalue weighted by Gasteiger charge is -2.18. The number of hydrogen-bond acceptors (Lipinski definition) is 9. The van der Waals surface area contributed by atoms with E-state index in [9.17, 15) is 27.6 Å². The van der Waals surface area contributed by atoms with Crippen molar-refractivity contribution in [1.82, 2.24) is 19.5 Å². The predicted molar refractivity (Wildman–Crippen MR) is 117 cm³/mol. The van der Waals surface area contributed by atoms with Crippen LogP contribution in [-0.4, -0.2) is 50.7 Å². The maximum absolute atomic E-state index is 13.1. The molecule has 0 spiro atoms. The van der Waals surface area contributed by atoms with Gasteiger partial charge in [0, 0.05) is 18.9 Å². The van der Waals surface area contributed by atoms with Gasteiger partial charge in [-0.25, -0.2) is 15.0 Å². The van der Waals surface area contributed by atoms with Gasteiger partial charge in [-0.15, -0.1) is 0 Å². The molecule has 0 saturated carbocycles. The number of carbonyl (C=O) groups excluding carboxylic acids is 2. The minimum absolute atomic E-state index is 0.00622. The molecule has 0 aliphatic rings. The average Bonchev–Trinajstić information content (AvgIpc) is 2.78. The summed E-state index contributed by atoms with van der Waals surface area (Å²) in [6.07, 6.45) is -2.63. The Bertz CT molecular complexity index is 1310. The number of nitrogens with one attached hydrogen (secondary N) is 1. The zero-order chi connectivity index (χ0) is 25.8. The molecule has 0 fully saturated rings. The Labute approximate surface area is 195 Å². The molecule has 0 radical (unpaired) electrons. The van der Waals surface area contributed by atoms with Gasteiger partial charge in [-0.05, 0) is 19.1 Å². The van der Waals surface area contributed by atoms with Crippen LogP contribution in [0.5, 0.6) is 11.5 Å². The van der Waals surface area contributed by atoms with Gasteiger partial charge in [-0.3, -0.25) is 24.3 Å². The van der Waals surface area contributed by atoms with E-state index in [-0.39, 0.29) is 53.7 Å². The van der Waals surface area contributed by atoms with Crippen LogP contribution in [0.4, 0.5) is 25.1 Å². The molecule has 35 heavy (non-hydrogen) atoms. The number of nitrogens with zero attached hydrogens (tertiary/aromatic N) is 4. The number of primary amides is 1. The molecule has 0 bridgehead atoms. The molecular weight excluding hydrogens is 475 g/mol. The molecule has 0 saturated heterocycles. The Balaban J connectivity index is 2.11. The Kier molecular flexibility index (Phi) is 7.37. The molecule has 0 aliphatic carbocycles. The molecular formula is C20H20F3N7O5. The Morgan fingerprint density at radius 2 is 1.86 bits per heavy atom. The Morgan fingerprint density at radius 3 is 2.46 bits per heavy atom.